The largest absolute Gasteiger partial charge is 0.366 e. The molecule has 3 N–H and O–H groups in total. The van der Waals surface area contributed by atoms with Crippen LogP contribution in [0.5, 0.6) is 0 Å². The zero-order chi connectivity index (χ0) is 16.0. The van der Waals surface area contributed by atoms with Gasteiger partial charge in [0.1, 0.15) is 6.17 Å². The summed E-state index contributed by atoms with van der Waals surface area (Å²) in [6.07, 6.45) is 6.32. The third-order valence-electron chi connectivity index (χ3n) is 5.49. The monoisotopic (exact) mass is 313 g/mol. The summed E-state index contributed by atoms with van der Waals surface area (Å²) in [6, 6.07) is 7.36. The molecule has 4 rings (SSSR count). The SMILES string of the molecule is NC(=O)c1cccc(C2NC3(CCCC3)C(=O)N2CC2CC2)c1. The molecular weight excluding hydrogens is 290 g/mol. The van der Waals surface area contributed by atoms with Gasteiger partial charge in [0, 0.05) is 12.1 Å². The lowest BCUT2D eigenvalue weighted by atomic mass is 9.98. The highest BCUT2D eigenvalue weighted by Crippen LogP contribution is 2.43. The number of hydrogen-bond acceptors (Lipinski definition) is 3. The van der Waals surface area contributed by atoms with E-state index in [9.17, 15) is 9.59 Å². The van der Waals surface area contributed by atoms with E-state index < -0.39 is 5.91 Å². The van der Waals surface area contributed by atoms with Crippen LogP contribution in [0.1, 0.15) is 60.6 Å². The Morgan fingerprint density at radius 2 is 2.04 bits per heavy atom. The molecular formula is C18H23N3O2. The number of benzene rings is 1. The van der Waals surface area contributed by atoms with Crippen LogP contribution in [0.25, 0.3) is 0 Å². The highest BCUT2D eigenvalue weighted by atomic mass is 16.2. The van der Waals surface area contributed by atoms with Crippen molar-refractivity contribution in [2.75, 3.05) is 6.54 Å². The van der Waals surface area contributed by atoms with Crippen molar-refractivity contribution in [3.05, 3.63) is 35.4 Å². The predicted octanol–water partition coefficient (Wildman–Crippen LogP) is 1.94. The van der Waals surface area contributed by atoms with E-state index in [1.165, 1.54) is 12.8 Å². The van der Waals surface area contributed by atoms with Gasteiger partial charge in [-0.3, -0.25) is 14.9 Å². The number of nitrogens with two attached hydrogens (primary N) is 1. The summed E-state index contributed by atoms with van der Waals surface area (Å²) in [6.45, 7) is 0.819. The molecule has 1 saturated heterocycles. The number of nitrogens with zero attached hydrogens (tertiary/aromatic N) is 1. The van der Waals surface area contributed by atoms with Gasteiger partial charge >= 0.3 is 0 Å². The van der Waals surface area contributed by atoms with Crippen LogP contribution in [-0.2, 0) is 4.79 Å². The van der Waals surface area contributed by atoms with Gasteiger partial charge in [0.2, 0.25) is 11.8 Å². The smallest absolute Gasteiger partial charge is 0.248 e. The van der Waals surface area contributed by atoms with Crippen LogP contribution in [-0.4, -0.2) is 28.8 Å². The standard InChI is InChI=1S/C18H23N3O2/c19-15(22)13-4-3-5-14(10-13)16-20-18(8-1-2-9-18)17(23)21(16)11-12-6-7-12/h3-5,10,12,16,20H,1-2,6-9,11H2,(H2,19,22). The molecule has 1 aromatic rings. The molecule has 5 nitrogen and oxygen atoms in total. The highest BCUT2D eigenvalue weighted by Gasteiger charge is 2.53. The lowest BCUT2D eigenvalue weighted by molar-refractivity contribution is -0.133. The Morgan fingerprint density at radius 3 is 2.70 bits per heavy atom. The van der Waals surface area contributed by atoms with Gasteiger partial charge in [-0.25, -0.2) is 0 Å². The Kier molecular flexibility index (Phi) is 3.41. The average molecular weight is 313 g/mol. The number of hydrogen-bond donors (Lipinski definition) is 2. The minimum atomic E-state index is -0.430. The number of amides is 2. The van der Waals surface area contributed by atoms with E-state index in [2.05, 4.69) is 5.32 Å². The average Bonchev–Trinajstić information content (AvgIpc) is 3.18. The molecule has 1 aromatic carbocycles. The summed E-state index contributed by atoms with van der Waals surface area (Å²) in [5.74, 6) is 0.455. The van der Waals surface area contributed by atoms with Gasteiger partial charge in [-0.05, 0) is 49.3 Å². The molecule has 2 aliphatic carbocycles. The fourth-order valence-electron chi connectivity index (χ4n) is 4.02. The molecule has 1 aliphatic heterocycles. The van der Waals surface area contributed by atoms with Crippen LogP contribution in [0, 0.1) is 5.92 Å². The summed E-state index contributed by atoms with van der Waals surface area (Å²) in [5.41, 5.74) is 6.48. The fourth-order valence-corrected chi connectivity index (χ4v) is 4.02. The van der Waals surface area contributed by atoms with E-state index in [0.29, 0.717) is 11.5 Å². The Labute approximate surface area is 136 Å². The molecule has 1 spiro atoms. The van der Waals surface area contributed by atoms with Crippen molar-refractivity contribution in [3.8, 4) is 0 Å². The van der Waals surface area contributed by atoms with Crippen molar-refractivity contribution in [3.63, 3.8) is 0 Å². The second kappa shape index (κ2) is 5.34. The van der Waals surface area contributed by atoms with Gasteiger partial charge in [-0.1, -0.05) is 25.0 Å². The molecule has 122 valence electrons. The van der Waals surface area contributed by atoms with Crippen LogP contribution >= 0.6 is 0 Å². The summed E-state index contributed by atoms with van der Waals surface area (Å²) in [5, 5.41) is 3.61. The predicted molar refractivity (Wildman–Crippen MR) is 86.5 cm³/mol. The summed E-state index contributed by atoms with van der Waals surface area (Å²) >= 11 is 0. The molecule has 5 heteroatoms. The number of nitrogens with one attached hydrogen (secondary N) is 1. The number of primary amides is 1. The molecule has 1 heterocycles. The van der Waals surface area contributed by atoms with Crippen molar-refractivity contribution < 1.29 is 9.59 Å². The van der Waals surface area contributed by atoms with Crippen LogP contribution in [0.4, 0.5) is 0 Å². The van der Waals surface area contributed by atoms with E-state index in [1.54, 1.807) is 6.07 Å². The van der Waals surface area contributed by atoms with Crippen LogP contribution < -0.4 is 11.1 Å². The molecule has 0 radical (unpaired) electrons. The quantitative estimate of drug-likeness (QED) is 0.892. The molecule has 23 heavy (non-hydrogen) atoms. The summed E-state index contributed by atoms with van der Waals surface area (Å²) in [4.78, 5) is 26.5. The van der Waals surface area contributed by atoms with E-state index in [4.69, 9.17) is 5.73 Å². The van der Waals surface area contributed by atoms with Crippen molar-refractivity contribution in [1.29, 1.82) is 0 Å². The minimum absolute atomic E-state index is 0.138. The maximum Gasteiger partial charge on any atom is 0.248 e. The number of carbonyl (C=O) groups is 2. The molecule has 1 unspecified atom stereocenters. The van der Waals surface area contributed by atoms with E-state index >= 15 is 0 Å². The van der Waals surface area contributed by atoms with Crippen molar-refractivity contribution >= 4 is 11.8 Å². The molecule has 3 fully saturated rings. The van der Waals surface area contributed by atoms with Crippen molar-refractivity contribution in [1.82, 2.24) is 10.2 Å². The van der Waals surface area contributed by atoms with Crippen LogP contribution in [0.2, 0.25) is 0 Å². The normalized spacial score (nSPS) is 26.2. The lowest BCUT2D eigenvalue weighted by Gasteiger charge is -2.24. The van der Waals surface area contributed by atoms with E-state index in [0.717, 1.165) is 37.8 Å². The minimum Gasteiger partial charge on any atom is -0.366 e. The van der Waals surface area contributed by atoms with Crippen molar-refractivity contribution in [2.45, 2.75) is 50.2 Å². The number of rotatable bonds is 4. The van der Waals surface area contributed by atoms with Gasteiger partial charge < -0.3 is 10.6 Å². The second-order valence-electron chi connectivity index (χ2n) is 7.23. The Balaban J connectivity index is 1.68. The maximum absolute atomic E-state index is 13.1. The van der Waals surface area contributed by atoms with Gasteiger partial charge in [-0.15, -0.1) is 0 Å². The van der Waals surface area contributed by atoms with Crippen LogP contribution in [0.15, 0.2) is 24.3 Å². The number of carbonyl (C=O) groups excluding carboxylic acids is 2. The third kappa shape index (κ3) is 2.53. The zero-order valence-corrected chi connectivity index (χ0v) is 13.3. The molecule has 0 aromatic heterocycles. The molecule has 1 atom stereocenters. The summed E-state index contributed by atoms with van der Waals surface area (Å²) < 4.78 is 0. The van der Waals surface area contributed by atoms with Gasteiger partial charge in [0.05, 0.1) is 5.54 Å². The zero-order valence-electron chi connectivity index (χ0n) is 13.3. The third-order valence-corrected chi connectivity index (χ3v) is 5.49. The van der Waals surface area contributed by atoms with Gasteiger partial charge in [0.15, 0.2) is 0 Å². The molecule has 2 amide bonds. The first-order valence-electron chi connectivity index (χ1n) is 8.58. The van der Waals surface area contributed by atoms with Crippen LogP contribution in [0.3, 0.4) is 0 Å². The first-order valence-corrected chi connectivity index (χ1v) is 8.58. The van der Waals surface area contributed by atoms with E-state index in [-0.39, 0.29) is 17.6 Å². The fraction of sp³-hybridized carbons (Fsp3) is 0.556. The molecule has 2 saturated carbocycles. The first kappa shape index (κ1) is 14.7. The Bertz CT molecular complexity index is 647. The van der Waals surface area contributed by atoms with Gasteiger partial charge in [0.25, 0.3) is 0 Å². The lowest BCUT2D eigenvalue weighted by Crippen LogP contribution is -2.44. The Morgan fingerprint density at radius 1 is 1.30 bits per heavy atom. The van der Waals surface area contributed by atoms with E-state index in [1.807, 2.05) is 23.1 Å². The molecule has 0 bridgehead atoms. The molecule has 3 aliphatic rings. The van der Waals surface area contributed by atoms with Gasteiger partial charge in [-0.2, -0.15) is 0 Å². The maximum atomic E-state index is 13.1. The highest BCUT2D eigenvalue weighted by molar-refractivity contribution is 5.93. The second-order valence-corrected chi connectivity index (χ2v) is 7.23. The van der Waals surface area contributed by atoms with Crippen molar-refractivity contribution in [2.24, 2.45) is 11.7 Å². The summed E-state index contributed by atoms with van der Waals surface area (Å²) in [7, 11) is 0. The Hall–Kier alpha value is -1.88. The topological polar surface area (TPSA) is 75.4 Å². The first-order chi connectivity index (χ1) is 11.1.